The minimum Gasteiger partial charge on any atom is -0.356 e. The van der Waals surface area contributed by atoms with Gasteiger partial charge in [0, 0.05) is 11.9 Å². The van der Waals surface area contributed by atoms with Crippen molar-refractivity contribution in [2.75, 3.05) is 6.54 Å². The molecule has 2 rings (SSSR count). The van der Waals surface area contributed by atoms with Crippen LogP contribution in [0.5, 0.6) is 0 Å². The fourth-order valence-electron chi connectivity index (χ4n) is 2.36. The van der Waals surface area contributed by atoms with Crippen LogP contribution in [0.15, 0.2) is 16.7 Å². The van der Waals surface area contributed by atoms with Crippen LogP contribution < -0.4 is 5.32 Å². The van der Waals surface area contributed by atoms with Crippen LogP contribution in [0.2, 0.25) is 0 Å². The van der Waals surface area contributed by atoms with E-state index in [0.29, 0.717) is 12.5 Å². The third-order valence-electron chi connectivity index (χ3n) is 3.36. The molecular weight excluding hydrogens is 252 g/mol. The fourth-order valence-corrected chi connectivity index (χ4v) is 2.36. The molecule has 0 fully saturated rings. The number of amides is 1. The summed E-state index contributed by atoms with van der Waals surface area (Å²) in [6, 6.07) is 4.04. The molecule has 1 amide bonds. The third-order valence-corrected chi connectivity index (χ3v) is 3.36. The van der Waals surface area contributed by atoms with Crippen LogP contribution >= 0.6 is 0 Å². The molecule has 1 aromatic carbocycles. The van der Waals surface area contributed by atoms with E-state index in [1.165, 1.54) is 0 Å². The number of benzene rings is 1. The van der Waals surface area contributed by atoms with E-state index < -0.39 is 0 Å². The van der Waals surface area contributed by atoms with Gasteiger partial charge in [-0.25, -0.2) is 0 Å². The van der Waals surface area contributed by atoms with Gasteiger partial charge in [0.15, 0.2) is 5.58 Å². The van der Waals surface area contributed by atoms with Gasteiger partial charge in [-0.05, 0) is 43.4 Å². The molecule has 1 heterocycles. The molecule has 0 spiro atoms. The lowest BCUT2D eigenvalue weighted by Gasteiger charge is -2.06. The monoisotopic (exact) mass is 274 g/mol. The third kappa shape index (κ3) is 3.38. The van der Waals surface area contributed by atoms with E-state index >= 15 is 0 Å². The van der Waals surface area contributed by atoms with Gasteiger partial charge in [0.05, 0.1) is 6.42 Å². The zero-order chi connectivity index (χ0) is 14.7. The van der Waals surface area contributed by atoms with Gasteiger partial charge in [-0.15, -0.1) is 0 Å². The normalized spacial score (nSPS) is 11.2. The van der Waals surface area contributed by atoms with Crippen LogP contribution in [-0.4, -0.2) is 17.6 Å². The van der Waals surface area contributed by atoms with Crippen molar-refractivity contribution in [3.8, 4) is 0 Å². The highest BCUT2D eigenvalue weighted by Gasteiger charge is 2.14. The Kier molecular flexibility index (Phi) is 4.42. The van der Waals surface area contributed by atoms with Crippen LogP contribution in [0.25, 0.3) is 11.0 Å². The molecule has 108 valence electrons. The maximum absolute atomic E-state index is 11.9. The van der Waals surface area contributed by atoms with Crippen molar-refractivity contribution in [2.45, 2.75) is 40.5 Å². The molecule has 1 N–H and O–H groups in total. The first-order valence-corrected chi connectivity index (χ1v) is 7.09. The van der Waals surface area contributed by atoms with Gasteiger partial charge in [0.25, 0.3) is 0 Å². The average Bonchev–Trinajstić information content (AvgIpc) is 2.71. The minimum absolute atomic E-state index is 0.000764. The maximum atomic E-state index is 11.9. The lowest BCUT2D eigenvalue weighted by Crippen LogP contribution is -2.27. The molecule has 0 saturated carbocycles. The van der Waals surface area contributed by atoms with E-state index in [-0.39, 0.29) is 12.3 Å². The van der Waals surface area contributed by atoms with Crippen molar-refractivity contribution < 1.29 is 9.32 Å². The summed E-state index contributed by atoms with van der Waals surface area (Å²) in [5.74, 6) is 0.592. The summed E-state index contributed by atoms with van der Waals surface area (Å²) in [5, 5.41) is 7.94. The number of aromatic nitrogens is 1. The van der Waals surface area contributed by atoms with Crippen molar-refractivity contribution in [3.63, 3.8) is 0 Å². The van der Waals surface area contributed by atoms with Crippen molar-refractivity contribution in [3.05, 3.63) is 29.0 Å². The Bertz CT molecular complexity index is 614. The van der Waals surface area contributed by atoms with Crippen molar-refractivity contribution in [1.29, 1.82) is 0 Å². The van der Waals surface area contributed by atoms with E-state index in [9.17, 15) is 4.79 Å². The summed E-state index contributed by atoms with van der Waals surface area (Å²) in [5.41, 5.74) is 3.72. The summed E-state index contributed by atoms with van der Waals surface area (Å²) in [6.07, 6.45) is 1.26. The van der Waals surface area contributed by atoms with E-state index in [1.807, 2.05) is 19.9 Å². The van der Waals surface area contributed by atoms with E-state index in [1.54, 1.807) is 0 Å². The second-order valence-electron chi connectivity index (χ2n) is 5.79. The molecule has 0 aliphatic rings. The Hall–Kier alpha value is -1.84. The molecule has 0 saturated heterocycles. The highest BCUT2D eigenvalue weighted by atomic mass is 16.5. The van der Waals surface area contributed by atoms with Crippen LogP contribution in [0.3, 0.4) is 0 Å². The number of nitrogens with zero attached hydrogens (tertiary/aromatic N) is 1. The Morgan fingerprint density at radius 3 is 2.80 bits per heavy atom. The second kappa shape index (κ2) is 6.07. The standard InChI is InChI=1S/C16H22N2O2/c1-10(2)5-6-17-15(19)9-13-16-12(4)7-11(3)8-14(16)20-18-13/h7-8,10H,5-6,9H2,1-4H3,(H,17,19). The van der Waals surface area contributed by atoms with Gasteiger partial charge in [0.2, 0.25) is 5.91 Å². The van der Waals surface area contributed by atoms with E-state index in [0.717, 1.165) is 34.2 Å². The van der Waals surface area contributed by atoms with Crippen LogP contribution in [-0.2, 0) is 11.2 Å². The number of aryl methyl sites for hydroxylation is 2. The van der Waals surface area contributed by atoms with Crippen molar-refractivity contribution in [2.24, 2.45) is 5.92 Å². The summed E-state index contributed by atoms with van der Waals surface area (Å²) < 4.78 is 5.32. The van der Waals surface area contributed by atoms with Gasteiger partial charge in [-0.3, -0.25) is 4.79 Å². The maximum Gasteiger partial charge on any atom is 0.226 e. The Labute approximate surface area is 119 Å². The molecule has 20 heavy (non-hydrogen) atoms. The number of carbonyl (C=O) groups excluding carboxylic acids is 1. The summed E-state index contributed by atoms with van der Waals surface area (Å²) >= 11 is 0. The zero-order valence-corrected chi connectivity index (χ0v) is 12.6. The molecule has 0 bridgehead atoms. The Morgan fingerprint density at radius 1 is 1.35 bits per heavy atom. The Morgan fingerprint density at radius 2 is 2.10 bits per heavy atom. The predicted octanol–water partition coefficient (Wildman–Crippen LogP) is 3.15. The molecular formula is C16H22N2O2. The number of nitrogens with one attached hydrogen (secondary N) is 1. The lowest BCUT2D eigenvalue weighted by atomic mass is 10.0. The number of rotatable bonds is 5. The van der Waals surface area contributed by atoms with E-state index in [2.05, 4.69) is 30.4 Å². The van der Waals surface area contributed by atoms with Crippen LogP contribution in [0, 0.1) is 19.8 Å². The Balaban J connectivity index is 2.08. The molecule has 1 aromatic heterocycles. The smallest absolute Gasteiger partial charge is 0.226 e. The summed E-state index contributed by atoms with van der Waals surface area (Å²) in [6.45, 7) is 9.04. The second-order valence-corrected chi connectivity index (χ2v) is 5.79. The topological polar surface area (TPSA) is 55.1 Å². The van der Waals surface area contributed by atoms with E-state index in [4.69, 9.17) is 4.52 Å². The predicted molar refractivity (Wildman–Crippen MR) is 79.7 cm³/mol. The number of carbonyl (C=O) groups is 1. The van der Waals surface area contributed by atoms with Gasteiger partial charge in [0.1, 0.15) is 5.69 Å². The average molecular weight is 274 g/mol. The molecule has 4 heteroatoms. The number of fused-ring (bicyclic) bond motifs is 1. The van der Waals surface area contributed by atoms with Gasteiger partial charge < -0.3 is 9.84 Å². The molecule has 4 nitrogen and oxygen atoms in total. The fraction of sp³-hybridized carbons (Fsp3) is 0.500. The largest absolute Gasteiger partial charge is 0.356 e. The van der Waals surface area contributed by atoms with Crippen molar-refractivity contribution >= 4 is 16.9 Å². The highest BCUT2D eigenvalue weighted by molar-refractivity contribution is 5.88. The lowest BCUT2D eigenvalue weighted by molar-refractivity contribution is -0.120. The van der Waals surface area contributed by atoms with Gasteiger partial charge >= 0.3 is 0 Å². The molecule has 0 radical (unpaired) electrons. The van der Waals surface area contributed by atoms with Gasteiger partial charge in [-0.1, -0.05) is 25.1 Å². The van der Waals surface area contributed by atoms with Crippen molar-refractivity contribution in [1.82, 2.24) is 10.5 Å². The van der Waals surface area contributed by atoms with Gasteiger partial charge in [-0.2, -0.15) is 0 Å². The first-order valence-electron chi connectivity index (χ1n) is 7.09. The van der Waals surface area contributed by atoms with Crippen LogP contribution in [0.4, 0.5) is 0 Å². The molecule has 0 aliphatic heterocycles. The quantitative estimate of drug-likeness (QED) is 0.911. The minimum atomic E-state index is 0.000764. The van der Waals surface area contributed by atoms with Crippen LogP contribution in [0.1, 0.15) is 37.1 Å². The number of hydrogen-bond donors (Lipinski definition) is 1. The SMILES string of the molecule is Cc1cc(C)c2c(CC(=O)NCCC(C)C)noc2c1. The summed E-state index contributed by atoms with van der Waals surface area (Å²) in [7, 11) is 0. The highest BCUT2D eigenvalue weighted by Crippen LogP contribution is 2.24. The molecule has 2 aromatic rings. The summed E-state index contributed by atoms with van der Waals surface area (Å²) in [4.78, 5) is 11.9. The zero-order valence-electron chi connectivity index (χ0n) is 12.6. The first kappa shape index (κ1) is 14.6. The molecule has 0 unspecified atom stereocenters. The first-order chi connectivity index (χ1) is 9.47. The molecule has 0 aliphatic carbocycles. The molecule has 0 atom stereocenters. The number of hydrogen-bond acceptors (Lipinski definition) is 3.